The molecule has 0 aliphatic carbocycles. The smallest absolute Gasteiger partial charge is 0.266 e. The number of amides is 2. The summed E-state index contributed by atoms with van der Waals surface area (Å²) in [5, 5.41) is 0.727. The Balaban J connectivity index is 1.90. The van der Waals surface area contributed by atoms with Gasteiger partial charge in [0.1, 0.15) is 6.10 Å². The van der Waals surface area contributed by atoms with Gasteiger partial charge in [-0.05, 0) is 29.8 Å². The molecule has 4 nitrogen and oxygen atoms in total. The molecule has 3 rings (SSSR count). The van der Waals surface area contributed by atoms with Crippen molar-refractivity contribution in [3.8, 4) is 0 Å². The highest BCUT2D eigenvalue weighted by Crippen LogP contribution is 2.35. The third-order valence-electron chi connectivity index (χ3n) is 3.65. The van der Waals surface area contributed by atoms with Crippen LogP contribution >= 0.6 is 11.6 Å². The fourth-order valence-corrected chi connectivity index (χ4v) is 2.62. The highest BCUT2D eigenvalue weighted by molar-refractivity contribution is 6.30. The highest BCUT2D eigenvalue weighted by atomic mass is 35.5. The summed E-state index contributed by atoms with van der Waals surface area (Å²) in [6.07, 6.45) is -7.47. The number of hydrogen-bond acceptors (Lipinski definition) is 3. The van der Waals surface area contributed by atoms with Crippen molar-refractivity contribution < 1.29 is 27.6 Å². The first-order valence-electron chi connectivity index (χ1n) is 7.23. The Morgan fingerprint density at radius 3 is 1.96 bits per heavy atom. The first-order valence-corrected chi connectivity index (χ1v) is 7.61. The second-order valence-corrected chi connectivity index (χ2v) is 5.85. The molecule has 2 aromatic carbocycles. The van der Waals surface area contributed by atoms with E-state index < -0.39 is 30.5 Å². The first kappa shape index (κ1) is 17.4. The van der Waals surface area contributed by atoms with Crippen molar-refractivity contribution in [2.45, 2.75) is 18.7 Å². The summed E-state index contributed by atoms with van der Waals surface area (Å²) in [4.78, 5) is 29.7. The van der Waals surface area contributed by atoms with E-state index in [0.29, 0.717) is 10.1 Å². The Bertz CT molecular complexity index is 786. The molecule has 0 saturated heterocycles. The second kappa shape index (κ2) is 6.50. The Hall–Kier alpha value is -2.38. The molecular weight excluding hydrogens is 359 g/mol. The van der Waals surface area contributed by atoms with Crippen molar-refractivity contribution in [3.63, 3.8) is 0 Å². The van der Waals surface area contributed by atoms with Gasteiger partial charge in [0, 0.05) is 5.02 Å². The van der Waals surface area contributed by atoms with Crippen LogP contribution in [0.15, 0.2) is 48.5 Å². The number of alkyl halides is 3. The topological polar surface area (TPSA) is 46.6 Å². The fraction of sp³-hybridized carbons (Fsp3) is 0.176. The number of nitrogens with zero attached hydrogens (tertiary/aromatic N) is 1. The zero-order valence-electron chi connectivity index (χ0n) is 12.6. The average molecular weight is 370 g/mol. The summed E-state index contributed by atoms with van der Waals surface area (Å²) in [6.45, 7) is 0. The van der Waals surface area contributed by atoms with Crippen molar-refractivity contribution in [3.05, 3.63) is 70.2 Å². The zero-order valence-corrected chi connectivity index (χ0v) is 13.3. The predicted molar refractivity (Wildman–Crippen MR) is 82.9 cm³/mol. The maximum absolute atomic E-state index is 12.9. The summed E-state index contributed by atoms with van der Waals surface area (Å²) in [7, 11) is 0. The van der Waals surface area contributed by atoms with Crippen LogP contribution < -0.4 is 0 Å². The lowest BCUT2D eigenvalue weighted by Crippen LogP contribution is -2.33. The maximum atomic E-state index is 12.9. The minimum atomic E-state index is -4.55. The Labute approximate surface area is 145 Å². The predicted octanol–water partition coefficient (Wildman–Crippen LogP) is 4.56. The third-order valence-corrected chi connectivity index (χ3v) is 3.90. The number of rotatable bonds is 4. The van der Waals surface area contributed by atoms with E-state index in [4.69, 9.17) is 16.4 Å². The molecule has 0 N–H and O–H groups in total. The molecule has 0 fully saturated rings. The van der Waals surface area contributed by atoms with Crippen molar-refractivity contribution in [2.75, 3.05) is 0 Å². The lowest BCUT2D eigenvalue weighted by molar-refractivity contribution is -0.199. The molecule has 2 aromatic rings. The van der Waals surface area contributed by atoms with Crippen molar-refractivity contribution in [1.29, 1.82) is 0 Å². The summed E-state index contributed by atoms with van der Waals surface area (Å²) in [5.41, 5.74) is 0.335. The summed E-state index contributed by atoms with van der Waals surface area (Å²) in [6, 6.07) is 11.5. The molecule has 0 radical (unpaired) electrons. The zero-order chi connectivity index (χ0) is 18.2. The number of benzene rings is 2. The van der Waals surface area contributed by atoms with Crippen LogP contribution in [0.3, 0.4) is 0 Å². The molecule has 8 heteroatoms. The lowest BCUT2D eigenvalue weighted by atomic mass is 10.1. The van der Waals surface area contributed by atoms with Crippen LogP contribution in [0.4, 0.5) is 13.2 Å². The molecular formula is C17H11ClF3NO3. The van der Waals surface area contributed by atoms with Crippen LogP contribution in [-0.4, -0.2) is 23.1 Å². The summed E-state index contributed by atoms with van der Waals surface area (Å²) < 4.78 is 38.7. The minimum Gasteiger partial charge on any atom is -0.266 e. The van der Waals surface area contributed by atoms with Crippen LogP contribution in [0.2, 0.25) is 5.02 Å². The largest absolute Gasteiger partial charge is 0.392 e. The fourth-order valence-electron chi connectivity index (χ4n) is 2.49. The molecule has 0 spiro atoms. The molecule has 0 saturated carbocycles. The van der Waals surface area contributed by atoms with Gasteiger partial charge in [0.05, 0.1) is 17.5 Å². The van der Waals surface area contributed by atoms with Crippen molar-refractivity contribution in [2.24, 2.45) is 0 Å². The molecule has 2 amide bonds. The van der Waals surface area contributed by atoms with Gasteiger partial charge in [-0.15, -0.1) is 5.06 Å². The van der Waals surface area contributed by atoms with Gasteiger partial charge in [-0.2, -0.15) is 13.2 Å². The number of hydrogen-bond donors (Lipinski definition) is 0. The summed E-state index contributed by atoms with van der Waals surface area (Å²) >= 11 is 5.75. The van der Waals surface area contributed by atoms with Crippen molar-refractivity contribution in [1.82, 2.24) is 5.06 Å². The van der Waals surface area contributed by atoms with E-state index in [1.165, 1.54) is 36.4 Å². The van der Waals surface area contributed by atoms with Crippen molar-refractivity contribution >= 4 is 23.4 Å². The molecule has 130 valence electrons. The number of carbonyl (C=O) groups excluding carboxylic acids is 2. The minimum absolute atomic E-state index is 0.0920. The number of imide groups is 1. The molecule has 25 heavy (non-hydrogen) atoms. The van der Waals surface area contributed by atoms with E-state index in [0.717, 1.165) is 0 Å². The standard InChI is InChI=1S/C17H11ClF3NO3/c18-11-7-5-10(6-8-11)14(9-17(19,20)21)25-22-15(23)12-3-1-2-4-13(12)16(22)24/h1-8,14H,9H2. The number of halogens is 4. The number of carbonyl (C=O) groups is 2. The lowest BCUT2D eigenvalue weighted by Gasteiger charge is -2.23. The van der Waals surface area contributed by atoms with E-state index in [1.807, 2.05) is 0 Å². The van der Waals surface area contributed by atoms with Crippen LogP contribution in [0.1, 0.15) is 38.8 Å². The number of hydroxylamine groups is 2. The molecule has 0 aromatic heterocycles. The van der Waals surface area contributed by atoms with Crippen LogP contribution in [0.25, 0.3) is 0 Å². The summed E-state index contributed by atoms with van der Waals surface area (Å²) in [5.74, 6) is -1.58. The Morgan fingerprint density at radius 1 is 0.960 bits per heavy atom. The normalized spacial score (nSPS) is 15.4. The highest BCUT2D eigenvalue weighted by Gasteiger charge is 2.41. The quantitative estimate of drug-likeness (QED) is 0.742. The van der Waals surface area contributed by atoms with Gasteiger partial charge < -0.3 is 0 Å². The van der Waals surface area contributed by atoms with Gasteiger partial charge in [0.25, 0.3) is 11.8 Å². The molecule has 0 bridgehead atoms. The van der Waals surface area contributed by atoms with E-state index in [-0.39, 0.29) is 16.7 Å². The van der Waals surface area contributed by atoms with Gasteiger partial charge in [-0.25, -0.2) is 0 Å². The van der Waals surface area contributed by atoms with Crippen LogP contribution in [-0.2, 0) is 4.84 Å². The average Bonchev–Trinajstić information content (AvgIpc) is 2.79. The van der Waals surface area contributed by atoms with E-state index in [9.17, 15) is 22.8 Å². The van der Waals surface area contributed by atoms with Crippen LogP contribution in [0, 0.1) is 0 Å². The first-order chi connectivity index (χ1) is 11.8. The van der Waals surface area contributed by atoms with Gasteiger partial charge >= 0.3 is 6.18 Å². The monoisotopic (exact) mass is 369 g/mol. The van der Waals surface area contributed by atoms with Gasteiger partial charge in [0.15, 0.2) is 0 Å². The van der Waals surface area contributed by atoms with Crippen LogP contribution in [0.5, 0.6) is 0 Å². The molecule has 1 heterocycles. The molecule has 1 unspecified atom stereocenters. The van der Waals surface area contributed by atoms with E-state index in [1.54, 1.807) is 12.1 Å². The van der Waals surface area contributed by atoms with Gasteiger partial charge in [-0.1, -0.05) is 35.9 Å². The Morgan fingerprint density at radius 2 is 1.48 bits per heavy atom. The Kier molecular flexibility index (Phi) is 4.53. The second-order valence-electron chi connectivity index (χ2n) is 5.42. The molecule has 1 aliphatic rings. The van der Waals surface area contributed by atoms with E-state index >= 15 is 0 Å². The van der Waals surface area contributed by atoms with E-state index in [2.05, 4.69) is 0 Å². The molecule has 1 aliphatic heterocycles. The van der Waals surface area contributed by atoms with Gasteiger partial charge in [-0.3, -0.25) is 14.4 Å². The molecule has 1 atom stereocenters. The third kappa shape index (κ3) is 3.67. The number of fused-ring (bicyclic) bond motifs is 1. The maximum Gasteiger partial charge on any atom is 0.392 e. The SMILES string of the molecule is O=C1c2ccccc2C(=O)N1OC(CC(F)(F)F)c1ccc(Cl)cc1. The van der Waals surface area contributed by atoms with Gasteiger partial charge in [0.2, 0.25) is 0 Å².